The van der Waals surface area contributed by atoms with Crippen LogP contribution in [0.25, 0.3) is 0 Å². The Bertz CT molecular complexity index is 376. The molecule has 3 amide bonds. The molecule has 1 aliphatic heterocycles. The molecular formula is C15H27N3O3. The first-order valence-corrected chi connectivity index (χ1v) is 7.74. The number of rotatable bonds is 6. The molecule has 1 fully saturated rings. The molecule has 0 bridgehead atoms. The maximum Gasteiger partial charge on any atom is 0.242 e. The summed E-state index contributed by atoms with van der Waals surface area (Å²) in [5.41, 5.74) is 0. The van der Waals surface area contributed by atoms with Gasteiger partial charge in [0.1, 0.15) is 0 Å². The van der Waals surface area contributed by atoms with Crippen LogP contribution in [0.5, 0.6) is 0 Å². The number of hydrogen-bond donors (Lipinski definition) is 0. The minimum Gasteiger partial charge on any atom is -0.339 e. The molecule has 120 valence electrons. The van der Waals surface area contributed by atoms with E-state index < -0.39 is 0 Å². The molecule has 0 aromatic rings. The summed E-state index contributed by atoms with van der Waals surface area (Å²) in [5, 5.41) is 0. The van der Waals surface area contributed by atoms with Gasteiger partial charge in [0, 0.05) is 46.6 Å². The summed E-state index contributed by atoms with van der Waals surface area (Å²) in [6.07, 6.45) is 3.09. The largest absolute Gasteiger partial charge is 0.339 e. The van der Waals surface area contributed by atoms with E-state index in [1.807, 2.05) is 0 Å². The second-order valence-electron chi connectivity index (χ2n) is 5.53. The third-order valence-corrected chi connectivity index (χ3v) is 3.88. The van der Waals surface area contributed by atoms with Crippen molar-refractivity contribution >= 4 is 17.7 Å². The molecule has 0 aromatic carbocycles. The van der Waals surface area contributed by atoms with Crippen LogP contribution in [0, 0.1) is 0 Å². The minimum absolute atomic E-state index is 0.0232. The van der Waals surface area contributed by atoms with Crippen molar-refractivity contribution in [3.63, 3.8) is 0 Å². The van der Waals surface area contributed by atoms with Gasteiger partial charge in [-0.2, -0.15) is 0 Å². The summed E-state index contributed by atoms with van der Waals surface area (Å²) in [4.78, 5) is 40.2. The normalized spacial score (nSPS) is 15.0. The predicted molar refractivity (Wildman–Crippen MR) is 80.6 cm³/mol. The fourth-order valence-corrected chi connectivity index (χ4v) is 2.43. The first-order valence-electron chi connectivity index (χ1n) is 7.74. The number of nitrogens with zero attached hydrogens (tertiary/aromatic N) is 3. The molecule has 0 radical (unpaired) electrons. The summed E-state index contributed by atoms with van der Waals surface area (Å²) in [5.74, 6) is -0.0289. The molecule has 6 nitrogen and oxygen atoms in total. The first kappa shape index (κ1) is 17.5. The third kappa shape index (κ3) is 5.73. The second kappa shape index (κ2) is 8.64. The van der Waals surface area contributed by atoms with Gasteiger partial charge < -0.3 is 14.7 Å². The standard InChI is InChI=1S/C15H27N3O3/c1-4-5-6-7-18(14(3)20)12-15(21)17-10-8-16(9-11-17)13(2)19/h4-12H2,1-3H3. The summed E-state index contributed by atoms with van der Waals surface area (Å²) in [6, 6.07) is 0. The quantitative estimate of drug-likeness (QED) is 0.679. The van der Waals surface area contributed by atoms with Gasteiger partial charge in [0.2, 0.25) is 17.7 Å². The Morgan fingerprint density at radius 1 is 0.952 bits per heavy atom. The lowest BCUT2D eigenvalue weighted by Crippen LogP contribution is -2.52. The molecule has 0 spiro atoms. The average molecular weight is 297 g/mol. The summed E-state index contributed by atoms with van der Waals surface area (Å²) in [7, 11) is 0. The highest BCUT2D eigenvalue weighted by Crippen LogP contribution is 2.05. The van der Waals surface area contributed by atoms with Crippen LogP contribution in [0.3, 0.4) is 0 Å². The van der Waals surface area contributed by atoms with E-state index in [0.717, 1.165) is 19.3 Å². The van der Waals surface area contributed by atoms with Gasteiger partial charge >= 0.3 is 0 Å². The van der Waals surface area contributed by atoms with Crippen molar-refractivity contribution < 1.29 is 14.4 Å². The van der Waals surface area contributed by atoms with Crippen LogP contribution in [0.1, 0.15) is 40.0 Å². The van der Waals surface area contributed by atoms with Gasteiger partial charge in [-0.1, -0.05) is 19.8 Å². The Balaban J connectivity index is 2.43. The van der Waals surface area contributed by atoms with Crippen LogP contribution >= 0.6 is 0 Å². The van der Waals surface area contributed by atoms with E-state index in [2.05, 4.69) is 6.92 Å². The molecule has 6 heteroatoms. The van der Waals surface area contributed by atoms with Crippen LogP contribution in [0.4, 0.5) is 0 Å². The second-order valence-corrected chi connectivity index (χ2v) is 5.53. The Morgan fingerprint density at radius 2 is 1.52 bits per heavy atom. The van der Waals surface area contributed by atoms with Crippen LogP contribution in [0.2, 0.25) is 0 Å². The van der Waals surface area contributed by atoms with Crippen LogP contribution in [-0.4, -0.2) is 71.7 Å². The molecule has 0 saturated carbocycles. The smallest absolute Gasteiger partial charge is 0.242 e. The molecule has 0 aliphatic carbocycles. The van der Waals surface area contributed by atoms with Crippen molar-refractivity contribution in [3.8, 4) is 0 Å². The monoisotopic (exact) mass is 297 g/mol. The lowest BCUT2D eigenvalue weighted by Gasteiger charge is -2.35. The van der Waals surface area contributed by atoms with E-state index in [-0.39, 0.29) is 24.3 Å². The van der Waals surface area contributed by atoms with Gasteiger partial charge in [-0.3, -0.25) is 14.4 Å². The highest BCUT2D eigenvalue weighted by Gasteiger charge is 2.24. The van der Waals surface area contributed by atoms with Gasteiger partial charge in [-0.05, 0) is 6.42 Å². The van der Waals surface area contributed by atoms with Crippen molar-refractivity contribution in [3.05, 3.63) is 0 Å². The van der Waals surface area contributed by atoms with Gasteiger partial charge in [0.15, 0.2) is 0 Å². The van der Waals surface area contributed by atoms with Crippen molar-refractivity contribution in [2.45, 2.75) is 40.0 Å². The molecule has 0 atom stereocenters. The van der Waals surface area contributed by atoms with Gasteiger partial charge in [-0.25, -0.2) is 0 Å². The Morgan fingerprint density at radius 3 is 2.00 bits per heavy atom. The SMILES string of the molecule is CCCCCN(CC(=O)N1CCN(C(C)=O)CC1)C(C)=O. The molecule has 0 N–H and O–H groups in total. The van der Waals surface area contributed by atoms with Gasteiger partial charge in [-0.15, -0.1) is 0 Å². The van der Waals surface area contributed by atoms with Gasteiger partial charge in [0.05, 0.1) is 6.54 Å². The zero-order valence-electron chi connectivity index (χ0n) is 13.4. The number of piperazine rings is 1. The van der Waals surface area contributed by atoms with Crippen LogP contribution in [-0.2, 0) is 14.4 Å². The topological polar surface area (TPSA) is 60.9 Å². The van der Waals surface area contributed by atoms with E-state index in [9.17, 15) is 14.4 Å². The highest BCUT2D eigenvalue weighted by atomic mass is 16.2. The van der Waals surface area contributed by atoms with Crippen molar-refractivity contribution in [1.82, 2.24) is 14.7 Å². The highest BCUT2D eigenvalue weighted by molar-refractivity contribution is 5.84. The first-order chi connectivity index (χ1) is 9.95. The van der Waals surface area contributed by atoms with E-state index >= 15 is 0 Å². The van der Waals surface area contributed by atoms with E-state index in [1.54, 1.807) is 21.6 Å². The lowest BCUT2D eigenvalue weighted by molar-refractivity contribution is -0.142. The number of carbonyl (C=O) groups is 3. The minimum atomic E-state index is -0.0539. The van der Waals surface area contributed by atoms with E-state index in [1.165, 1.54) is 6.92 Å². The average Bonchev–Trinajstić information content (AvgIpc) is 2.46. The molecule has 1 saturated heterocycles. The number of unbranched alkanes of at least 4 members (excludes halogenated alkanes) is 2. The zero-order valence-corrected chi connectivity index (χ0v) is 13.4. The molecule has 0 unspecified atom stereocenters. The van der Waals surface area contributed by atoms with Gasteiger partial charge in [0.25, 0.3) is 0 Å². The third-order valence-electron chi connectivity index (χ3n) is 3.88. The fourth-order valence-electron chi connectivity index (χ4n) is 2.43. The maximum atomic E-state index is 12.3. The van der Waals surface area contributed by atoms with E-state index in [0.29, 0.717) is 32.7 Å². The molecule has 1 heterocycles. The van der Waals surface area contributed by atoms with Crippen molar-refractivity contribution in [2.24, 2.45) is 0 Å². The number of carbonyl (C=O) groups excluding carboxylic acids is 3. The summed E-state index contributed by atoms with van der Waals surface area (Å²) < 4.78 is 0. The predicted octanol–water partition coefficient (Wildman–Crippen LogP) is 0.716. The molecular weight excluding hydrogens is 270 g/mol. The molecule has 0 aromatic heterocycles. The fraction of sp³-hybridized carbons (Fsp3) is 0.800. The Hall–Kier alpha value is -1.59. The van der Waals surface area contributed by atoms with Crippen molar-refractivity contribution in [1.29, 1.82) is 0 Å². The summed E-state index contributed by atoms with van der Waals surface area (Å²) >= 11 is 0. The number of hydrogen-bond acceptors (Lipinski definition) is 3. The van der Waals surface area contributed by atoms with Crippen LogP contribution < -0.4 is 0 Å². The van der Waals surface area contributed by atoms with Crippen molar-refractivity contribution in [2.75, 3.05) is 39.3 Å². The Labute approximate surface area is 127 Å². The zero-order chi connectivity index (χ0) is 15.8. The molecule has 1 aliphatic rings. The summed E-state index contributed by atoms with van der Waals surface area (Å²) in [6.45, 7) is 8.22. The Kier molecular flexibility index (Phi) is 7.19. The lowest BCUT2D eigenvalue weighted by atomic mass is 10.2. The van der Waals surface area contributed by atoms with E-state index in [4.69, 9.17) is 0 Å². The molecule has 1 rings (SSSR count). The molecule has 21 heavy (non-hydrogen) atoms. The number of amides is 3. The van der Waals surface area contributed by atoms with Crippen LogP contribution in [0.15, 0.2) is 0 Å². The maximum absolute atomic E-state index is 12.3.